The van der Waals surface area contributed by atoms with E-state index in [0.717, 1.165) is 0 Å². The summed E-state index contributed by atoms with van der Waals surface area (Å²) >= 11 is 1.32. The van der Waals surface area contributed by atoms with Gasteiger partial charge in [0.2, 0.25) is 11.9 Å². The molecule has 1 unspecified atom stereocenters. The fraction of sp³-hybridized carbons (Fsp3) is 0.312. The molecule has 0 aliphatic heterocycles. The second-order valence-electron chi connectivity index (χ2n) is 5.87. The average Bonchev–Trinajstić information content (AvgIpc) is 3.25. The van der Waals surface area contributed by atoms with Gasteiger partial charge in [-0.1, -0.05) is 19.9 Å². The first-order valence-electron chi connectivity index (χ1n) is 8.05. The van der Waals surface area contributed by atoms with Gasteiger partial charge in [-0.15, -0.1) is 16.4 Å². The molecule has 0 bridgehead atoms. The van der Waals surface area contributed by atoms with Gasteiger partial charge >= 0.3 is 0 Å². The first-order valence-corrected chi connectivity index (χ1v) is 8.93. The highest BCUT2D eigenvalue weighted by Crippen LogP contribution is 2.18. The van der Waals surface area contributed by atoms with E-state index in [1.807, 2.05) is 32.0 Å². The number of nitrogens with one attached hydrogen (secondary N) is 3. The van der Waals surface area contributed by atoms with Crippen LogP contribution in [0.5, 0.6) is 0 Å². The second-order valence-corrected chi connectivity index (χ2v) is 6.73. The Hall–Kier alpha value is -2.85. The Morgan fingerprint density at radius 2 is 2.19 bits per heavy atom. The molecule has 4 N–H and O–H groups in total. The predicted octanol–water partition coefficient (Wildman–Crippen LogP) is 1.89. The van der Waals surface area contributed by atoms with Crippen LogP contribution >= 0.6 is 11.3 Å². The van der Waals surface area contributed by atoms with Crippen LogP contribution in [0.3, 0.4) is 0 Å². The third-order valence-corrected chi connectivity index (χ3v) is 4.20. The number of anilines is 2. The Labute approximate surface area is 153 Å². The average molecular weight is 373 g/mol. The van der Waals surface area contributed by atoms with Gasteiger partial charge in [0.15, 0.2) is 11.0 Å². The number of hydrogen-bond donors (Lipinski definition) is 4. The summed E-state index contributed by atoms with van der Waals surface area (Å²) in [6.45, 7) is 3.63. The summed E-state index contributed by atoms with van der Waals surface area (Å²) in [7, 11) is 0. The normalized spacial score (nSPS) is 12.2. The number of pyridine rings is 1. The lowest BCUT2D eigenvalue weighted by Crippen LogP contribution is -2.22. The molecule has 26 heavy (non-hydrogen) atoms. The third kappa shape index (κ3) is 4.61. The van der Waals surface area contributed by atoms with Gasteiger partial charge in [-0.05, 0) is 12.1 Å². The Morgan fingerprint density at radius 1 is 1.35 bits per heavy atom. The summed E-state index contributed by atoms with van der Waals surface area (Å²) in [5.74, 6) is 0.565. The van der Waals surface area contributed by atoms with Crippen LogP contribution in [0.25, 0.3) is 11.5 Å². The molecule has 136 valence electrons. The standard InChI is InChI=1S/C16H19N7O2S/c1-9(2)14(25)21-16-18-10(8-26-16)7-12(24)19-15-20-13(22-23-15)11-5-3-4-6-17-11/h3-6,8-9,12,24H,7H2,1-2H3,(H,18,21,25)(H2,19,20,22,23). The highest BCUT2D eigenvalue weighted by atomic mass is 32.1. The number of aromatic amines is 1. The van der Waals surface area contributed by atoms with Crippen LogP contribution in [-0.4, -0.2) is 42.4 Å². The van der Waals surface area contributed by atoms with Gasteiger partial charge in [-0.2, -0.15) is 4.98 Å². The van der Waals surface area contributed by atoms with Crippen molar-refractivity contribution in [1.82, 2.24) is 25.1 Å². The van der Waals surface area contributed by atoms with E-state index in [-0.39, 0.29) is 24.2 Å². The number of thiazole rings is 1. The molecule has 0 fully saturated rings. The molecule has 0 radical (unpaired) electrons. The summed E-state index contributed by atoms with van der Waals surface area (Å²) in [4.78, 5) is 24.4. The SMILES string of the molecule is CC(C)C(=O)Nc1nc(CC(O)Nc2n[nH]c(-c3ccccn3)n2)cs1. The fourth-order valence-electron chi connectivity index (χ4n) is 2.05. The molecular formula is C16H19N7O2S. The van der Waals surface area contributed by atoms with Crippen molar-refractivity contribution in [3.05, 3.63) is 35.5 Å². The quantitative estimate of drug-likeness (QED) is 0.465. The van der Waals surface area contributed by atoms with Gasteiger partial charge in [0.1, 0.15) is 11.9 Å². The van der Waals surface area contributed by atoms with Crippen molar-refractivity contribution in [1.29, 1.82) is 0 Å². The van der Waals surface area contributed by atoms with Gasteiger partial charge in [-0.25, -0.2) is 4.98 Å². The number of amides is 1. The van der Waals surface area contributed by atoms with Crippen molar-refractivity contribution < 1.29 is 9.90 Å². The molecule has 3 rings (SSSR count). The first-order chi connectivity index (χ1) is 12.5. The van der Waals surface area contributed by atoms with Gasteiger partial charge in [0.05, 0.1) is 5.69 Å². The number of aliphatic hydroxyl groups excluding tert-OH is 1. The molecule has 3 aromatic heterocycles. The molecule has 0 aromatic carbocycles. The molecule has 0 aliphatic carbocycles. The Morgan fingerprint density at radius 3 is 2.92 bits per heavy atom. The van der Waals surface area contributed by atoms with Crippen molar-refractivity contribution in [2.24, 2.45) is 5.92 Å². The molecule has 9 nitrogen and oxygen atoms in total. The maximum Gasteiger partial charge on any atom is 0.244 e. The zero-order valence-electron chi connectivity index (χ0n) is 14.3. The molecule has 0 spiro atoms. The number of nitrogens with zero attached hydrogens (tertiary/aromatic N) is 4. The molecular weight excluding hydrogens is 354 g/mol. The van der Waals surface area contributed by atoms with Crippen LogP contribution in [-0.2, 0) is 11.2 Å². The molecule has 3 heterocycles. The van der Waals surface area contributed by atoms with Crippen molar-refractivity contribution >= 4 is 28.3 Å². The molecule has 3 aromatic rings. The van der Waals surface area contributed by atoms with E-state index in [1.54, 1.807) is 11.6 Å². The minimum Gasteiger partial charge on any atom is -0.373 e. The predicted molar refractivity (Wildman–Crippen MR) is 98.5 cm³/mol. The van der Waals surface area contributed by atoms with E-state index in [9.17, 15) is 9.90 Å². The molecule has 1 amide bonds. The van der Waals surface area contributed by atoms with Crippen molar-refractivity contribution in [3.63, 3.8) is 0 Å². The zero-order chi connectivity index (χ0) is 18.5. The number of aliphatic hydroxyl groups is 1. The van der Waals surface area contributed by atoms with Crippen molar-refractivity contribution in [2.45, 2.75) is 26.5 Å². The highest BCUT2D eigenvalue weighted by Gasteiger charge is 2.14. The topological polar surface area (TPSA) is 129 Å². The molecule has 0 saturated carbocycles. The summed E-state index contributed by atoms with van der Waals surface area (Å²) in [6, 6.07) is 5.47. The third-order valence-electron chi connectivity index (χ3n) is 3.40. The van der Waals surface area contributed by atoms with Crippen LogP contribution in [0.4, 0.5) is 11.1 Å². The van der Waals surface area contributed by atoms with E-state index in [0.29, 0.717) is 22.3 Å². The summed E-state index contributed by atoms with van der Waals surface area (Å²) < 4.78 is 0. The number of hydrogen-bond acceptors (Lipinski definition) is 8. The maximum absolute atomic E-state index is 11.7. The number of carbonyl (C=O) groups excluding carboxylic acids is 1. The van der Waals surface area contributed by atoms with Gasteiger partial charge < -0.3 is 15.7 Å². The highest BCUT2D eigenvalue weighted by molar-refractivity contribution is 7.13. The second kappa shape index (κ2) is 8.02. The van der Waals surface area contributed by atoms with Crippen LogP contribution in [0, 0.1) is 5.92 Å². The molecule has 10 heteroatoms. The monoisotopic (exact) mass is 373 g/mol. The van der Waals surface area contributed by atoms with Crippen molar-refractivity contribution in [3.8, 4) is 11.5 Å². The van der Waals surface area contributed by atoms with E-state index in [4.69, 9.17) is 0 Å². The minimum absolute atomic E-state index is 0.0904. The lowest BCUT2D eigenvalue weighted by atomic mass is 10.2. The molecule has 0 aliphatic rings. The van der Waals surface area contributed by atoms with Crippen LogP contribution < -0.4 is 10.6 Å². The summed E-state index contributed by atoms with van der Waals surface area (Å²) in [5, 5.41) is 24.8. The van der Waals surface area contributed by atoms with E-state index >= 15 is 0 Å². The number of rotatable bonds is 7. The number of aromatic nitrogens is 5. The van der Waals surface area contributed by atoms with Gasteiger partial charge in [-0.3, -0.25) is 14.9 Å². The Bertz CT molecular complexity index is 862. The smallest absolute Gasteiger partial charge is 0.244 e. The zero-order valence-corrected chi connectivity index (χ0v) is 15.1. The lowest BCUT2D eigenvalue weighted by Gasteiger charge is -2.09. The molecule has 0 saturated heterocycles. The number of carbonyl (C=O) groups is 1. The van der Waals surface area contributed by atoms with Gasteiger partial charge in [0, 0.05) is 23.9 Å². The van der Waals surface area contributed by atoms with Gasteiger partial charge in [0.25, 0.3) is 0 Å². The lowest BCUT2D eigenvalue weighted by molar-refractivity contribution is -0.118. The van der Waals surface area contributed by atoms with Crippen LogP contribution in [0.15, 0.2) is 29.8 Å². The summed E-state index contributed by atoms with van der Waals surface area (Å²) in [5.41, 5.74) is 1.32. The van der Waals surface area contributed by atoms with Crippen LogP contribution in [0.1, 0.15) is 19.5 Å². The van der Waals surface area contributed by atoms with E-state index < -0.39 is 6.23 Å². The van der Waals surface area contributed by atoms with E-state index in [2.05, 4.69) is 35.8 Å². The number of H-pyrrole nitrogens is 1. The van der Waals surface area contributed by atoms with E-state index in [1.165, 1.54) is 11.3 Å². The minimum atomic E-state index is -0.918. The Balaban J connectivity index is 1.56. The fourth-order valence-corrected chi connectivity index (χ4v) is 2.78. The molecule has 1 atom stereocenters. The van der Waals surface area contributed by atoms with Crippen LogP contribution in [0.2, 0.25) is 0 Å². The first kappa shape index (κ1) is 18.0. The largest absolute Gasteiger partial charge is 0.373 e. The maximum atomic E-state index is 11.7. The van der Waals surface area contributed by atoms with Crippen molar-refractivity contribution in [2.75, 3.05) is 10.6 Å². The summed E-state index contributed by atoms with van der Waals surface area (Å²) in [6.07, 6.45) is 0.997. The Kier molecular flexibility index (Phi) is 5.54.